The third-order valence-corrected chi connectivity index (χ3v) is 5.28. The van der Waals surface area contributed by atoms with Crippen molar-refractivity contribution in [3.8, 4) is 0 Å². The molecule has 0 spiro atoms. The average molecular weight is 383 g/mol. The molecule has 4 rings (SSSR count). The Bertz CT molecular complexity index is 1200. The molecular formula is C25H25N3O. The Morgan fingerprint density at radius 2 is 1.76 bits per heavy atom. The Morgan fingerprint density at radius 3 is 2.55 bits per heavy atom. The highest BCUT2D eigenvalue weighted by Crippen LogP contribution is 2.26. The van der Waals surface area contributed by atoms with Gasteiger partial charge >= 0.3 is 0 Å². The predicted molar refractivity (Wildman–Crippen MR) is 118 cm³/mol. The summed E-state index contributed by atoms with van der Waals surface area (Å²) in [4.78, 5) is 21.8. The van der Waals surface area contributed by atoms with Crippen LogP contribution in [-0.4, -0.2) is 15.9 Å². The highest BCUT2D eigenvalue weighted by atomic mass is 16.1. The van der Waals surface area contributed by atoms with Crippen molar-refractivity contribution in [1.29, 1.82) is 0 Å². The quantitative estimate of drug-likeness (QED) is 0.503. The summed E-state index contributed by atoms with van der Waals surface area (Å²) in [5.74, 6) is -0.180. The molecule has 146 valence electrons. The van der Waals surface area contributed by atoms with Crippen molar-refractivity contribution >= 4 is 27.7 Å². The second-order valence-corrected chi connectivity index (χ2v) is 8.47. The van der Waals surface area contributed by atoms with E-state index < -0.39 is 0 Å². The van der Waals surface area contributed by atoms with E-state index in [4.69, 9.17) is 0 Å². The number of carbonyl (C=O) groups excluding carboxylic acids is 1. The van der Waals surface area contributed by atoms with Gasteiger partial charge in [-0.1, -0.05) is 51.1 Å². The fraction of sp³-hybridized carbons (Fsp3) is 0.240. The number of hydrogen-bond donors (Lipinski definition) is 1. The SMILES string of the molecule is CC(NC(=O)c1ccc2cc(C(C)(C)C)ccc2n1)c1ccnc2ccccc12. The lowest BCUT2D eigenvalue weighted by Gasteiger charge is -2.19. The Kier molecular flexibility index (Phi) is 4.79. The van der Waals surface area contributed by atoms with E-state index in [1.807, 2.05) is 49.4 Å². The van der Waals surface area contributed by atoms with Gasteiger partial charge in [-0.3, -0.25) is 9.78 Å². The number of hydrogen-bond acceptors (Lipinski definition) is 3. The minimum absolute atomic E-state index is 0.0764. The molecule has 1 unspecified atom stereocenters. The number of rotatable bonds is 3. The minimum Gasteiger partial charge on any atom is -0.344 e. The van der Waals surface area contributed by atoms with Crippen LogP contribution < -0.4 is 5.32 Å². The van der Waals surface area contributed by atoms with Gasteiger partial charge in [0.15, 0.2) is 0 Å². The lowest BCUT2D eigenvalue weighted by atomic mass is 9.86. The zero-order chi connectivity index (χ0) is 20.6. The summed E-state index contributed by atoms with van der Waals surface area (Å²) in [5.41, 5.74) is 4.54. The van der Waals surface area contributed by atoms with Crippen LogP contribution in [0.5, 0.6) is 0 Å². The van der Waals surface area contributed by atoms with E-state index in [9.17, 15) is 4.79 Å². The number of amides is 1. The third kappa shape index (κ3) is 3.83. The van der Waals surface area contributed by atoms with Crippen molar-refractivity contribution in [1.82, 2.24) is 15.3 Å². The van der Waals surface area contributed by atoms with Gasteiger partial charge in [0.1, 0.15) is 5.69 Å². The molecule has 4 aromatic rings. The zero-order valence-corrected chi connectivity index (χ0v) is 17.2. The largest absolute Gasteiger partial charge is 0.344 e. The molecular weight excluding hydrogens is 358 g/mol. The number of pyridine rings is 2. The van der Waals surface area contributed by atoms with Gasteiger partial charge in [0.05, 0.1) is 17.1 Å². The molecule has 0 aliphatic heterocycles. The van der Waals surface area contributed by atoms with Gasteiger partial charge in [0.2, 0.25) is 0 Å². The molecule has 4 nitrogen and oxygen atoms in total. The second kappa shape index (κ2) is 7.28. The summed E-state index contributed by atoms with van der Waals surface area (Å²) < 4.78 is 0. The molecule has 0 radical (unpaired) electrons. The molecule has 0 bridgehead atoms. The first-order valence-electron chi connectivity index (χ1n) is 9.89. The summed E-state index contributed by atoms with van der Waals surface area (Å²) in [6.07, 6.45) is 1.78. The van der Waals surface area contributed by atoms with Gasteiger partial charge in [-0.2, -0.15) is 0 Å². The lowest BCUT2D eigenvalue weighted by molar-refractivity contribution is 0.0935. The average Bonchev–Trinajstić information content (AvgIpc) is 2.71. The van der Waals surface area contributed by atoms with Crippen LogP contribution in [0.4, 0.5) is 0 Å². The molecule has 4 heteroatoms. The Morgan fingerprint density at radius 1 is 0.966 bits per heavy atom. The summed E-state index contributed by atoms with van der Waals surface area (Å²) in [5, 5.41) is 5.16. The van der Waals surface area contributed by atoms with Crippen LogP contribution in [-0.2, 0) is 5.41 Å². The maximum Gasteiger partial charge on any atom is 0.270 e. The summed E-state index contributed by atoms with van der Waals surface area (Å²) in [6, 6.07) is 19.7. The van der Waals surface area contributed by atoms with E-state index in [1.165, 1.54) is 5.56 Å². The normalized spacial score (nSPS) is 12.8. The van der Waals surface area contributed by atoms with E-state index in [-0.39, 0.29) is 17.4 Å². The number of benzene rings is 2. The van der Waals surface area contributed by atoms with Crippen molar-refractivity contribution in [2.24, 2.45) is 0 Å². The van der Waals surface area contributed by atoms with Crippen LogP contribution in [0, 0.1) is 0 Å². The molecule has 0 aliphatic rings. The highest BCUT2D eigenvalue weighted by molar-refractivity contribution is 5.95. The molecule has 0 saturated carbocycles. The zero-order valence-electron chi connectivity index (χ0n) is 17.2. The molecule has 0 fully saturated rings. The predicted octanol–water partition coefficient (Wildman–Crippen LogP) is 5.57. The Labute approximate surface area is 171 Å². The first-order valence-corrected chi connectivity index (χ1v) is 9.89. The van der Waals surface area contributed by atoms with E-state index in [0.29, 0.717) is 5.69 Å². The summed E-state index contributed by atoms with van der Waals surface area (Å²) in [6.45, 7) is 8.55. The highest BCUT2D eigenvalue weighted by Gasteiger charge is 2.17. The molecule has 2 heterocycles. The topological polar surface area (TPSA) is 54.9 Å². The van der Waals surface area contributed by atoms with Crippen LogP contribution >= 0.6 is 0 Å². The molecule has 2 aromatic carbocycles. The lowest BCUT2D eigenvalue weighted by Crippen LogP contribution is -2.27. The van der Waals surface area contributed by atoms with Gasteiger partial charge in [-0.05, 0) is 53.8 Å². The fourth-order valence-corrected chi connectivity index (χ4v) is 3.56. The van der Waals surface area contributed by atoms with E-state index in [2.05, 4.69) is 48.2 Å². The summed E-state index contributed by atoms with van der Waals surface area (Å²) in [7, 11) is 0. The van der Waals surface area contributed by atoms with Crippen molar-refractivity contribution in [3.63, 3.8) is 0 Å². The standard InChI is InChI=1S/C25H25N3O/c1-16(19-13-14-26-22-8-6-5-7-20(19)22)27-24(29)23-11-9-17-15-18(25(2,3)4)10-12-21(17)28-23/h5-16H,1-4H3,(H,27,29). The first-order chi connectivity index (χ1) is 13.8. The minimum atomic E-state index is -0.180. The van der Waals surface area contributed by atoms with Gasteiger partial charge in [-0.15, -0.1) is 0 Å². The monoisotopic (exact) mass is 383 g/mol. The molecule has 0 aliphatic carbocycles. The van der Waals surface area contributed by atoms with E-state index in [0.717, 1.165) is 27.4 Å². The van der Waals surface area contributed by atoms with Crippen molar-refractivity contribution in [2.45, 2.75) is 39.2 Å². The number of para-hydroxylation sites is 1. The van der Waals surface area contributed by atoms with Gasteiger partial charge in [-0.25, -0.2) is 4.98 Å². The van der Waals surface area contributed by atoms with E-state index in [1.54, 1.807) is 12.3 Å². The fourth-order valence-electron chi connectivity index (χ4n) is 3.56. The number of aromatic nitrogens is 2. The summed E-state index contributed by atoms with van der Waals surface area (Å²) >= 11 is 0. The maximum absolute atomic E-state index is 12.8. The van der Waals surface area contributed by atoms with Crippen molar-refractivity contribution in [3.05, 3.63) is 83.7 Å². The van der Waals surface area contributed by atoms with Crippen molar-refractivity contribution < 1.29 is 4.79 Å². The van der Waals surface area contributed by atoms with E-state index >= 15 is 0 Å². The third-order valence-electron chi connectivity index (χ3n) is 5.28. The van der Waals surface area contributed by atoms with Crippen LogP contribution in [0.15, 0.2) is 66.9 Å². The molecule has 0 saturated heterocycles. The van der Waals surface area contributed by atoms with Crippen LogP contribution in [0.2, 0.25) is 0 Å². The first kappa shape index (κ1) is 19.1. The number of nitrogens with zero attached hydrogens (tertiary/aromatic N) is 2. The maximum atomic E-state index is 12.8. The molecule has 1 atom stereocenters. The van der Waals surface area contributed by atoms with Crippen molar-refractivity contribution in [2.75, 3.05) is 0 Å². The second-order valence-electron chi connectivity index (χ2n) is 8.47. The molecule has 1 amide bonds. The molecule has 2 aromatic heterocycles. The smallest absolute Gasteiger partial charge is 0.270 e. The Balaban J connectivity index is 1.60. The number of fused-ring (bicyclic) bond motifs is 2. The van der Waals surface area contributed by atoms with Crippen LogP contribution in [0.1, 0.15) is 55.4 Å². The van der Waals surface area contributed by atoms with Gasteiger partial charge < -0.3 is 5.32 Å². The molecule has 1 N–H and O–H groups in total. The number of carbonyl (C=O) groups is 1. The van der Waals surface area contributed by atoms with Crippen LogP contribution in [0.3, 0.4) is 0 Å². The Hall–Kier alpha value is -3.27. The van der Waals surface area contributed by atoms with Gasteiger partial charge in [0, 0.05) is 17.0 Å². The van der Waals surface area contributed by atoms with Gasteiger partial charge in [0.25, 0.3) is 5.91 Å². The van der Waals surface area contributed by atoms with Crippen LogP contribution in [0.25, 0.3) is 21.8 Å². The number of nitrogens with one attached hydrogen (secondary N) is 1. The molecule has 29 heavy (non-hydrogen) atoms.